The molecule has 0 heterocycles. The molecule has 94 valence electrons. The molecule has 1 amide bonds. The number of carbonyl (C=O) groups excluding carboxylic acids is 1. The number of aliphatic hydroxyl groups is 1. The predicted molar refractivity (Wildman–Crippen MR) is 58.8 cm³/mol. The maximum atomic E-state index is 11.7. The van der Waals surface area contributed by atoms with Crippen molar-refractivity contribution in [1.29, 1.82) is 0 Å². The van der Waals surface area contributed by atoms with Gasteiger partial charge in [-0.25, -0.2) is 0 Å². The van der Waals surface area contributed by atoms with Gasteiger partial charge in [0.1, 0.15) is 0 Å². The molecule has 0 aromatic rings. The fourth-order valence-electron chi connectivity index (χ4n) is 1.32. The Hall–Kier alpha value is -1.14. The Labute approximate surface area is 95.0 Å². The third-order valence-corrected chi connectivity index (χ3v) is 2.27. The summed E-state index contributed by atoms with van der Waals surface area (Å²) in [6, 6.07) is -0.769. The standard InChI is InChI=1S/C10H20N2O4/c1-2-12(6-3-7-13)10(16)8(11)4-5-9(14)15/h8,13H,2-7,11H2,1H3,(H,14,15). The van der Waals surface area contributed by atoms with Gasteiger partial charge >= 0.3 is 5.97 Å². The maximum Gasteiger partial charge on any atom is 0.303 e. The van der Waals surface area contributed by atoms with Crippen LogP contribution in [-0.4, -0.2) is 52.7 Å². The van der Waals surface area contributed by atoms with Gasteiger partial charge in [0, 0.05) is 26.1 Å². The van der Waals surface area contributed by atoms with Crippen LogP contribution in [0.3, 0.4) is 0 Å². The van der Waals surface area contributed by atoms with E-state index >= 15 is 0 Å². The summed E-state index contributed by atoms with van der Waals surface area (Å²) in [4.78, 5) is 23.6. The lowest BCUT2D eigenvalue weighted by Gasteiger charge is -2.23. The molecule has 0 fully saturated rings. The molecule has 4 N–H and O–H groups in total. The number of rotatable bonds is 8. The number of hydrogen-bond donors (Lipinski definition) is 3. The Morgan fingerprint density at radius 1 is 1.44 bits per heavy atom. The Morgan fingerprint density at radius 2 is 2.06 bits per heavy atom. The first kappa shape index (κ1) is 14.9. The molecule has 1 unspecified atom stereocenters. The molecule has 16 heavy (non-hydrogen) atoms. The lowest BCUT2D eigenvalue weighted by Crippen LogP contribution is -2.44. The summed E-state index contributed by atoms with van der Waals surface area (Å²) in [6.45, 7) is 2.81. The van der Waals surface area contributed by atoms with E-state index in [9.17, 15) is 9.59 Å². The molecule has 0 aliphatic carbocycles. The van der Waals surface area contributed by atoms with Crippen LogP contribution in [-0.2, 0) is 9.59 Å². The quantitative estimate of drug-likeness (QED) is 0.519. The van der Waals surface area contributed by atoms with Crippen molar-refractivity contribution < 1.29 is 19.8 Å². The van der Waals surface area contributed by atoms with E-state index in [1.807, 2.05) is 6.92 Å². The van der Waals surface area contributed by atoms with Crippen LogP contribution in [0.2, 0.25) is 0 Å². The average molecular weight is 232 g/mol. The molecule has 0 aliphatic rings. The van der Waals surface area contributed by atoms with Crippen molar-refractivity contribution in [2.75, 3.05) is 19.7 Å². The fourth-order valence-corrected chi connectivity index (χ4v) is 1.32. The monoisotopic (exact) mass is 232 g/mol. The molecule has 1 atom stereocenters. The van der Waals surface area contributed by atoms with E-state index in [1.54, 1.807) is 0 Å². The Balaban J connectivity index is 4.10. The van der Waals surface area contributed by atoms with Crippen LogP contribution in [0, 0.1) is 0 Å². The number of carboxylic acid groups (broad SMARTS) is 1. The fraction of sp³-hybridized carbons (Fsp3) is 0.800. The number of carboxylic acids is 1. The third kappa shape index (κ3) is 5.67. The van der Waals surface area contributed by atoms with Crippen molar-refractivity contribution in [3.63, 3.8) is 0 Å². The first-order valence-electron chi connectivity index (χ1n) is 5.40. The van der Waals surface area contributed by atoms with Crippen LogP contribution in [0.25, 0.3) is 0 Å². The molecule has 0 rings (SSSR count). The van der Waals surface area contributed by atoms with Crippen LogP contribution >= 0.6 is 0 Å². The summed E-state index contributed by atoms with van der Waals surface area (Å²) >= 11 is 0. The maximum absolute atomic E-state index is 11.7. The van der Waals surface area contributed by atoms with E-state index in [4.69, 9.17) is 15.9 Å². The van der Waals surface area contributed by atoms with E-state index in [0.29, 0.717) is 19.5 Å². The van der Waals surface area contributed by atoms with E-state index < -0.39 is 12.0 Å². The highest BCUT2D eigenvalue weighted by atomic mass is 16.4. The number of likely N-dealkylation sites (N-methyl/N-ethyl adjacent to an activating group) is 1. The normalized spacial score (nSPS) is 12.2. The molecule has 0 aromatic heterocycles. The minimum atomic E-state index is -0.957. The highest BCUT2D eigenvalue weighted by Gasteiger charge is 2.19. The van der Waals surface area contributed by atoms with Crippen molar-refractivity contribution in [2.45, 2.75) is 32.2 Å². The lowest BCUT2D eigenvalue weighted by atomic mass is 10.1. The van der Waals surface area contributed by atoms with Gasteiger partial charge in [-0.3, -0.25) is 9.59 Å². The van der Waals surface area contributed by atoms with Crippen molar-refractivity contribution >= 4 is 11.9 Å². The first-order chi connectivity index (χ1) is 7.52. The van der Waals surface area contributed by atoms with Gasteiger partial charge in [0.05, 0.1) is 6.04 Å². The summed E-state index contributed by atoms with van der Waals surface area (Å²) in [5, 5.41) is 17.1. The number of nitrogens with two attached hydrogens (primary N) is 1. The zero-order chi connectivity index (χ0) is 12.6. The van der Waals surface area contributed by atoms with Gasteiger partial charge in [0.2, 0.25) is 5.91 Å². The Kier molecular flexibility index (Phi) is 7.49. The summed E-state index contributed by atoms with van der Waals surface area (Å²) < 4.78 is 0. The molecule has 0 saturated carbocycles. The van der Waals surface area contributed by atoms with Crippen LogP contribution in [0.1, 0.15) is 26.2 Å². The Morgan fingerprint density at radius 3 is 2.50 bits per heavy atom. The molecule has 0 bridgehead atoms. The van der Waals surface area contributed by atoms with Gasteiger partial charge in [-0.2, -0.15) is 0 Å². The minimum absolute atomic E-state index is 0.0220. The summed E-state index contributed by atoms with van der Waals surface area (Å²) in [7, 11) is 0. The van der Waals surface area contributed by atoms with Crippen LogP contribution in [0.15, 0.2) is 0 Å². The second-order valence-corrected chi connectivity index (χ2v) is 3.53. The van der Waals surface area contributed by atoms with E-state index in [1.165, 1.54) is 4.90 Å². The predicted octanol–water partition coefficient (Wildman–Crippen LogP) is -0.591. The summed E-state index contributed by atoms with van der Waals surface area (Å²) in [6.07, 6.45) is 0.541. The lowest BCUT2D eigenvalue weighted by molar-refractivity contribution is -0.137. The molecule has 6 heteroatoms. The highest BCUT2D eigenvalue weighted by molar-refractivity contribution is 5.82. The smallest absolute Gasteiger partial charge is 0.303 e. The molecule has 0 aliphatic heterocycles. The molecular weight excluding hydrogens is 212 g/mol. The SMILES string of the molecule is CCN(CCCO)C(=O)C(N)CCC(=O)O. The molecule has 6 nitrogen and oxygen atoms in total. The zero-order valence-electron chi connectivity index (χ0n) is 9.56. The Bertz CT molecular complexity index is 233. The number of aliphatic carboxylic acids is 1. The van der Waals surface area contributed by atoms with Crippen LogP contribution in [0.4, 0.5) is 0 Å². The molecule has 0 saturated heterocycles. The van der Waals surface area contributed by atoms with Crippen molar-refractivity contribution in [3.8, 4) is 0 Å². The zero-order valence-corrected chi connectivity index (χ0v) is 9.56. The van der Waals surface area contributed by atoms with Gasteiger partial charge in [-0.05, 0) is 19.8 Å². The molecule has 0 radical (unpaired) electrons. The van der Waals surface area contributed by atoms with E-state index in [2.05, 4.69) is 0 Å². The number of amides is 1. The van der Waals surface area contributed by atoms with Crippen molar-refractivity contribution in [2.24, 2.45) is 5.73 Å². The first-order valence-corrected chi connectivity index (χ1v) is 5.40. The van der Waals surface area contributed by atoms with Crippen molar-refractivity contribution in [3.05, 3.63) is 0 Å². The van der Waals surface area contributed by atoms with E-state index in [0.717, 1.165) is 0 Å². The van der Waals surface area contributed by atoms with Crippen LogP contribution in [0.5, 0.6) is 0 Å². The number of carbonyl (C=O) groups is 2. The highest BCUT2D eigenvalue weighted by Crippen LogP contribution is 2.01. The summed E-state index contributed by atoms with van der Waals surface area (Å²) in [5.41, 5.74) is 5.60. The minimum Gasteiger partial charge on any atom is -0.481 e. The third-order valence-electron chi connectivity index (χ3n) is 2.27. The number of nitrogens with zero attached hydrogens (tertiary/aromatic N) is 1. The number of hydrogen-bond acceptors (Lipinski definition) is 4. The van der Waals surface area contributed by atoms with Gasteiger partial charge in [0.25, 0.3) is 0 Å². The van der Waals surface area contributed by atoms with Gasteiger partial charge in [0.15, 0.2) is 0 Å². The topological polar surface area (TPSA) is 104 Å². The van der Waals surface area contributed by atoms with Gasteiger partial charge in [-0.15, -0.1) is 0 Å². The van der Waals surface area contributed by atoms with Crippen LogP contribution < -0.4 is 5.73 Å². The average Bonchev–Trinajstić information content (AvgIpc) is 2.26. The second kappa shape index (κ2) is 8.06. The van der Waals surface area contributed by atoms with Gasteiger partial charge < -0.3 is 20.8 Å². The molecule has 0 spiro atoms. The van der Waals surface area contributed by atoms with Gasteiger partial charge in [-0.1, -0.05) is 0 Å². The summed E-state index contributed by atoms with van der Waals surface area (Å²) in [5.74, 6) is -1.21. The molecular formula is C10H20N2O4. The number of aliphatic hydroxyl groups excluding tert-OH is 1. The largest absolute Gasteiger partial charge is 0.481 e. The van der Waals surface area contributed by atoms with E-state index in [-0.39, 0.29) is 25.4 Å². The van der Waals surface area contributed by atoms with Crippen molar-refractivity contribution in [1.82, 2.24) is 4.90 Å². The molecule has 0 aromatic carbocycles. The second-order valence-electron chi connectivity index (χ2n) is 3.53.